The zero-order chi connectivity index (χ0) is 27.6. The van der Waals surface area contributed by atoms with Gasteiger partial charge in [-0.15, -0.1) is 0 Å². The maximum atomic E-state index is 15.1. The average molecular weight is 548 g/mol. The minimum atomic E-state index is -0.566. The highest BCUT2D eigenvalue weighted by Gasteiger charge is 2.19. The quantitative estimate of drug-likeness (QED) is 0.370. The van der Waals surface area contributed by atoms with E-state index in [2.05, 4.69) is 46.2 Å². The summed E-state index contributed by atoms with van der Waals surface area (Å²) >= 11 is 0. The molecule has 2 aliphatic heterocycles. The Hall–Kier alpha value is -3.44. The molecule has 40 heavy (non-hydrogen) atoms. The van der Waals surface area contributed by atoms with Crippen LogP contribution in [0.3, 0.4) is 0 Å². The Kier molecular flexibility index (Phi) is 7.75. The SMILES string of the molecule is Cc1ccc(Nc2ncc3ccn(-c4cc(F)c(CN5CCOCC5)c(F)c4)c3n2)cc1CN1CCN(C)CC1. The number of nitrogens with one attached hydrogen (secondary N) is 1. The number of anilines is 2. The maximum Gasteiger partial charge on any atom is 0.229 e. The smallest absolute Gasteiger partial charge is 0.229 e. The first-order valence-electron chi connectivity index (χ1n) is 13.8. The molecule has 6 rings (SSSR count). The molecule has 0 atom stereocenters. The van der Waals surface area contributed by atoms with Crippen molar-refractivity contribution in [1.82, 2.24) is 29.2 Å². The van der Waals surface area contributed by atoms with E-state index in [1.165, 1.54) is 23.3 Å². The van der Waals surface area contributed by atoms with E-state index in [0.29, 0.717) is 43.6 Å². The number of halogens is 2. The van der Waals surface area contributed by atoms with E-state index in [-0.39, 0.29) is 12.1 Å². The third kappa shape index (κ3) is 5.85. The first-order valence-corrected chi connectivity index (χ1v) is 13.8. The van der Waals surface area contributed by atoms with Gasteiger partial charge in [-0.05, 0) is 55.4 Å². The van der Waals surface area contributed by atoms with Gasteiger partial charge in [-0.2, -0.15) is 4.98 Å². The number of hydrogen-bond acceptors (Lipinski definition) is 7. The van der Waals surface area contributed by atoms with Gasteiger partial charge in [0.25, 0.3) is 0 Å². The van der Waals surface area contributed by atoms with E-state index in [0.717, 1.165) is 43.8 Å². The van der Waals surface area contributed by atoms with Crippen molar-refractivity contribution >= 4 is 22.7 Å². The lowest BCUT2D eigenvalue weighted by atomic mass is 10.1. The van der Waals surface area contributed by atoms with Crippen LogP contribution in [-0.2, 0) is 17.8 Å². The molecule has 2 aliphatic rings. The first kappa shape index (κ1) is 26.8. The fourth-order valence-electron chi connectivity index (χ4n) is 5.34. The number of piperazine rings is 1. The van der Waals surface area contributed by atoms with Gasteiger partial charge >= 0.3 is 0 Å². The van der Waals surface area contributed by atoms with E-state index in [1.54, 1.807) is 17.0 Å². The van der Waals surface area contributed by atoms with Crippen molar-refractivity contribution in [3.05, 3.63) is 77.1 Å². The predicted octanol–water partition coefficient (Wildman–Crippen LogP) is 4.33. The van der Waals surface area contributed by atoms with E-state index >= 15 is 8.78 Å². The monoisotopic (exact) mass is 547 g/mol. The fraction of sp³-hybridized carbons (Fsp3) is 0.400. The maximum absolute atomic E-state index is 15.1. The van der Waals surface area contributed by atoms with Crippen molar-refractivity contribution in [2.75, 3.05) is 64.8 Å². The number of likely N-dealkylation sites (N-methyl/N-ethyl adjacent to an activating group) is 1. The second-order valence-corrected chi connectivity index (χ2v) is 10.8. The van der Waals surface area contributed by atoms with Crippen molar-refractivity contribution in [3.63, 3.8) is 0 Å². The number of ether oxygens (including phenoxy) is 1. The molecular formula is C30H35F2N7O. The van der Waals surface area contributed by atoms with Gasteiger partial charge in [-0.3, -0.25) is 9.80 Å². The highest BCUT2D eigenvalue weighted by atomic mass is 19.1. The Bertz CT molecular complexity index is 1470. The summed E-state index contributed by atoms with van der Waals surface area (Å²) < 4.78 is 37.3. The molecule has 0 amide bonds. The number of rotatable bonds is 7. The van der Waals surface area contributed by atoms with Crippen LogP contribution < -0.4 is 5.32 Å². The number of fused-ring (bicyclic) bond motifs is 1. The minimum Gasteiger partial charge on any atom is -0.379 e. The summed E-state index contributed by atoms with van der Waals surface area (Å²) in [6, 6.07) is 10.9. The molecule has 2 fully saturated rings. The highest BCUT2D eigenvalue weighted by molar-refractivity contribution is 5.79. The molecule has 210 valence electrons. The molecule has 8 nitrogen and oxygen atoms in total. The van der Waals surface area contributed by atoms with Crippen LogP contribution in [-0.4, -0.2) is 88.8 Å². The molecule has 0 saturated carbocycles. The lowest BCUT2D eigenvalue weighted by molar-refractivity contribution is 0.0332. The van der Waals surface area contributed by atoms with Gasteiger partial charge in [0.1, 0.15) is 17.3 Å². The highest BCUT2D eigenvalue weighted by Crippen LogP contribution is 2.26. The third-order valence-corrected chi connectivity index (χ3v) is 7.91. The Balaban J connectivity index is 1.22. The summed E-state index contributed by atoms with van der Waals surface area (Å²) in [6.45, 7) is 9.99. The van der Waals surface area contributed by atoms with Crippen LogP contribution in [0.4, 0.5) is 20.4 Å². The molecule has 0 aliphatic carbocycles. The van der Waals surface area contributed by atoms with Gasteiger partial charge < -0.3 is 19.5 Å². The van der Waals surface area contributed by atoms with E-state index in [9.17, 15) is 0 Å². The van der Waals surface area contributed by atoms with Crippen molar-refractivity contribution in [2.24, 2.45) is 0 Å². The second-order valence-electron chi connectivity index (χ2n) is 10.8. The normalized spacial score (nSPS) is 17.5. The van der Waals surface area contributed by atoms with Crippen LogP contribution in [0.1, 0.15) is 16.7 Å². The van der Waals surface area contributed by atoms with Gasteiger partial charge in [0.05, 0.1) is 18.9 Å². The third-order valence-electron chi connectivity index (χ3n) is 7.91. The van der Waals surface area contributed by atoms with Crippen molar-refractivity contribution in [2.45, 2.75) is 20.0 Å². The number of aromatic nitrogens is 3. The molecule has 0 radical (unpaired) electrons. The zero-order valence-corrected chi connectivity index (χ0v) is 23.0. The summed E-state index contributed by atoms with van der Waals surface area (Å²) in [5, 5.41) is 4.11. The number of nitrogens with zero attached hydrogens (tertiary/aromatic N) is 6. The van der Waals surface area contributed by atoms with E-state index in [1.807, 2.05) is 17.0 Å². The minimum absolute atomic E-state index is 0.0749. The Labute approximate surface area is 233 Å². The predicted molar refractivity (Wildman–Crippen MR) is 152 cm³/mol. The summed E-state index contributed by atoms with van der Waals surface area (Å²) in [5.74, 6) is -0.710. The van der Waals surface area contributed by atoms with Crippen LogP contribution in [0.25, 0.3) is 16.7 Å². The molecule has 2 aromatic heterocycles. The van der Waals surface area contributed by atoms with Crippen LogP contribution in [0.15, 0.2) is 48.8 Å². The molecule has 0 spiro atoms. The summed E-state index contributed by atoms with van der Waals surface area (Å²) in [6.07, 6.45) is 3.49. The van der Waals surface area contributed by atoms with Crippen LogP contribution in [0.2, 0.25) is 0 Å². The molecule has 10 heteroatoms. The molecule has 0 bridgehead atoms. The molecule has 1 N–H and O–H groups in total. The summed E-state index contributed by atoms with van der Waals surface area (Å²) in [5.41, 5.74) is 4.44. The second kappa shape index (κ2) is 11.6. The number of hydrogen-bond donors (Lipinski definition) is 1. The lowest BCUT2D eigenvalue weighted by Gasteiger charge is -2.32. The Morgan fingerprint density at radius 1 is 0.900 bits per heavy atom. The largest absolute Gasteiger partial charge is 0.379 e. The zero-order valence-electron chi connectivity index (χ0n) is 23.0. The first-order chi connectivity index (χ1) is 19.4. The van der Waals surface area contributed by atoms with E-state index in [4.69, 9.17) is 9.72 Å². The van der Waals surface area contributed by atoms with Gasteiger partial charge in [-0.1, -0.05) is 6.07 Å². The van der Waals surface area contributed by atoms with Gasteiger partial charge in [-0.25, -0.2) is 13.8 Å². The average Bonchev–Trinajstić information content (AvgIpc) is 3.38. The van der Waals surface area contributed by atoms with Crippen LogP contribution >= 0.6 is 0 Å². The van der Waals surface area contributed by atoms with Crippen molar-refractivity contribution < 1.29 is 13.5 Å². The topological polar surface area (TPSA) is 61.7 Å². The summed E-state index contributed by atoms with van der Waals surface area (Å²) in [7, 11) is 2.16. The number of benzene rings is 2. The van der Waals surface area contributed by atoms with E-state index < -0.39 is 11.6 Å². The number of morpholine rings is 1. The fourth-order valence-corrected chi connectivity index (χ4v) is 5.34. The summed E-state index contributed by atoms with van der Waals surface area (Å²) in [4.78, 5) is 16.0. The van der Waals surface area contributed by atoms with Crippen LogP contribution in [0.5, 0.6) is 0 Å². The molecule has 4 heterocycles. The van der Waals surface area contributed by atoms with Gasteiger partial charge in [0, 0.05) is 81.4 Å². The standard InChI is InChI=1S/C30H35F2N7O/c1-21-3-4-24(15-23(21)19-37-9-7-36(2)8-10-37)34-30-33-18-22-5-6-39(29(22)35-30)25-16-27(31)26(28(32)17-25)20-38-11-13-40-14-12-38/h3-6,15-18H,7-14,19-20H2,1-2H3,(H,33,34,35). The molecule has 4 aromatic rings. The van der Waals surface area contributed by atoms with Gasteiger partial charge in [0.15, 0.2) is 0 Å². The molecule has 0 unspecified atom stereocenters. The van der Waals surface area contributed by atoms with Crippen molar-refractivity contribution in [3.8, 4) is 5.69 Å². The van der Waals surface area contributed by atoms with Crippen LogP contribution in [0, 0.1) is 18.6 Å². The lowest BCUT2D eigenvalue weighted by Crippen LogP contribution is -2.43. The van der Waals surface area contributed by atoms with Crippen molar-refractivity contribution in [1.29, 1.82) is 0 Å². The van der Waals surface area contributed by atoms with Gasteiger partial charge in [0.2, 0.25) is 5.95 Å². The Morgan fingerprint density at radius 2 is 1.62 bits per heavy atom. The molecule has 2 saturated heterocycles. The molecule has 2 aromatic carbocycles. The Morgan fingerprint density at radius 3 is 2.38 bits per heavy atom. The molecular weight excluding hydrogens is 512 g/mol. The number of aryl methyl sites for hydroxylation is 1.